The largest absolute Gasteiger partial charge is 0.480 e. The second-order valence-electron chi connectivity index (χ2n) is 8.84. The van der Waals surface area contributed by atoms with Crippen molar-refractivity contribution in [2.75, 3.05) is 6.54 Å². The molecule has 0 aliphatic carbocycles. The number of imidazole rings is 1. The van der Waals surface area contributed by atoms with Gasteiger partial charge in [-0.1, -0.05) is 13.8 Å². The van der Waals surface area contributed by atoms with Crippen LogP contribution in [0.25, 0.3) is 0 Å². The Morgan fingerprint density at radius 2 is 1.94 bits per heavy atom. The zero-order valence-electron chi connectivity index (χ0n) is 19.3. The Morgan fingerprint density at radius 3 is 2.50 bits per heavy atom. The number of likely N-dealkylation sites (tertiary alicyclic amines) is 1. The Kier molecular flexibility index (Phi) is 9.54. The Balaban J connectivity index is 2.17. The van der Waals surface area contributed by atoms with Gasteiger partial charge in [-0.05, 0) is 25.2 Å². The van der Waals surface area contributed by atoms with Crippen LogP contribution in [0, 0.1) is 5.92 Å². The molecule has 2 rings (SSSR count). The normalized spacial score (nSPS) is 18.2. The number of nitrogens with one attached hydrogen (secondary N) is 3. The SMILES string of the molecule is CC(C)CC(N)C(=O)NC(Cc1cnc[nH]1)C(=O)N1CCCC1C(=O)NC(CC(N)=O)C(=O)O. The number of aromatic amines is 1. The minimum atomic E-state index is -1.50. The number of amides is 4. The lowest BCUT2D eigenvalue weighted by Crippen LogP contribution is -2.57. The molecule has 188 valence electrons. The van der Waals surface area contributed by atoms with Gasteiger partial charge in [0, 0.05) is 24.9 Å². The predicted octanol–water partition coefficient (Wildman–Crippen LogP) is -1.75. The van der Waals surface area contributed by atoms with Crippen LogP contribution >= 0.6 is 0 Å². The van der Waals surface area contributed by atoms with Crippen molar-refractivity contribution in [1.82, 2.24) is 25.5 Å². The fraction of sp³-hybridized carbons (Fsp3) is 0.619. The van der Waals surface area contributed by atoms with Crippen LogP contribution in [0.1, 0.15) is 45.2 Å². The number of aromatic nitrogens is 2. The second-order valence-corrected chi connectivity index (χ2v) is 8.84. The Labute approximate surface area is 197 Å². The smallest absolute Gasteiger partial charge is 0.326 e. The van der Waals surface area contributed by atoms with Crippen LogP contribution in [0.2, 0.25) is 0 Å². The first-order valence-electron chi connectivity index (χ1n) is 11.1. The zero-order valence-corrected chi connectivity index (χ0v) is 19.3. The van der Waals surface area contributed by atoms with Crippen molar-refractivity contribution in [2.45, 2.75) is 70.1 Å². The van der Waals surface area contributed by atoms with Crippen molar-refractivity contribution < 1.29 is 29.1 Å². The summed E-state index contributed by atoms with van der Waals surface area (Å²) in [5.74, 6) is -3.81. The molecule has 4 unspecified atom stereocenters. The molecule has 13 nitrogen and oxygen atoms in total. The lowest BCUT2D eigenvalue weighted by atomic mass is 10.0. The molecule has 1 aromatic rings. The highest BCUT2D eigenvalue weighted by Crippen LogP contribution is 2.20. The van der Waals surface area contributed by atoms with Crippen molar-refractivity contribution in [3.63, 3.8) is 0 Å². The predicted molar refractivity (Wildman–Crippen MR) is 120 cm³/mol. The third-order valence-corrected chi connectivity index (χ3v) is 5.51. The van der Waals surface area contributed by atoms with E-state index in [9.17, 15) is 29.1 Å². The van der Waals surface area contributed by atoms with Crippen LogP contribution in [0.3, 0.4) is 0 Å². The van der Waals surface area contributed by atoms with E-state index < -0.39 is 60.2 Å². The highest BCUT2D eigenvalue weighted by Gasteiger charge is 2.39. The Hall–Kier alpha value is -3.48. The average Bonchev–Trinajstić information content (AvgIpc) is 3.43. The zero-order chi connectivity index (χ0) is 25.4. The van der Waals surface area contributed by atoms with E-state index in [1.165, 1.54) is 17.4 Å². The number of carboxylic acids is 1. The van der Waals surface area contributed by atoms with Gasteiger partial charge in [0.25, 0.3) is 0 Å². The van der Waals surface area contributed by atoms with Gasteiger partial charge in [-0.2, -0.15) is 0 Å². The lowest BCUT2D eigenvalue weighted by molar-refractivity contribution is -0.145. The molecular weight excluding hydrogens is 446 g/mol. The minimum Gasteiger partial charge on any atom is -0.480 e. The molecule has 4 amide bonds. The number of rotatable bonds is 12. The number of carboxylic acid groups (broad SMARTS) is 1. The maximum atomic E-state index is 13.4. The summed E-state index contributed by atoms with van der Waals surface area (Å²) in [5, 5.41) is 14.2. The molecular formula is C21H33N7O6. The molecule has 1 saturated heterocycles. The first-order chi connectivity index (χ1) is 16.0. The number of hydrogen-bond acceptors (Lipinski definition) is 7. The van der Waals surface area contributed by atoms with Gasteiger partial charge < -0.3 is 37.1 Å². The highest BCUT2D eigenvalue weighted by molar-refractivity contribution is 5.95. The topological polar surface area (TPSA) is 214 Å². The van der Waals surface area contributed by atoms with Crippen LogP contribution in [-0.4, -0.2) is 80.3 Å². The van der Waals surface area contributed by atoms with Gasteiger partial charge in [-0.25, -0.2) is 9.78 Å². The number of aliphatic carboxylic acids is 1. The van der Waals surface area contributed by atoms with Gasteiger partial charge in [0.1, 0.15) is 18.1 Å². The molecule has 2 heterocycles. The molecule has 0 saturated carbocycles. The van der Waals surface area contributed by atoms with Crippen LogP contribution in [0.5, 0.6) is 0 Å². The molecule has 4 atom stereocenters. The summed E-state index contributed by atoms with van der Waals surface area (Å²) in [7, 11) is 0. The molecule has 0 bridgehead atoms. The maximum Gasteiger partial charge on any atom is 0.326 e. The van der Waals surface area contributed by atoms with E-state index in [4.69, 9.17) is 11.5 Å². The van der Waals surface area contributed by atoms with Gasteiger partial charge in [-0.15, -0.1) is 0 Å². The second kappa shape index (κ2) is 12.1. The van der Waals surface area contributed by atoms with Gasteiger partial charge in [-0.3, -0.25) is 19.2 Å². The number of hydrogen-bond donors (Lipinski definition) is 6. The summed E-state index contributed by atoms with van der Waals surface area (Å²) in [4.78, 5) is 69.5. The van der Waals surface area contributed by atoms with E-state index in [-0.39, 0.29) is 18.9 Å². The van der Waals surface area contributed by atoms with Crippen LogP contribution in [0.4, 0.5) is 0 Å². The molecule has 0 aromatic carbocycles. The molecule has 1 aromatic heterocycles. The molecule has 1 aliphatic heterocycles. The van der Waals surface area contributed by atoms with Crippen LogP contribution in [-0.2, 0) is 30.4 Å². The molecule has 1 aliphatic rings. The fourth-order valence-electron chi connectivity index (χ4n) is 3.88. The van der Waals surface area contributed by atoms with E-state index in [2.05, 4.69) is 20.6 Å². The minimum absolute atomic E-state index is 0.100. The van der Waals surface area contributed by atoms with Gasteiger partial charge in [0.05, 0.1) is 18.8 Å². The first kappa shape index (κ1) is 26.8. The van der Waals surface area contributed by atoms with Crippen molar-refractivity contribution in [2.24, 2.45) is 17.4 Å². The third-order valence-electron chi connectivity index (χ3n) is 5.51. The van der Waals surface area contributed by atoms with Crippen LogP contribution in [0.15, 0.2) is 12.5 Å². The van der Waals surface area contributed by atoms with E-state index in [1.807, 2.05) is 13.8 Å². The van der Waals surface area contributed by atoms with E-state index in [0.29, 0.717) is 25.0 Å². The first-order valence-corrected chi connectivity index (χ1v) is 11.1. The average molecular weight is 480 g/mol. The molecule has 13 heteroatoms. The number of carbonyl (C=O) groups is 5. The fourth-order valence-corrected chi connectivity index (χ4v) is 3.88. The standard InChI is InChI=1S/C21H33N7O6/c1-11(2)6-13(22)18(30)26-14(7-12-9-24-10-25-12)20(32)28-5-3-4-16(28)19(31)27-15(21(33)34)8-17(23)29/h9-11,13-16H,3-8,22H2,1-2H3,(H2,23,29)(H,24,25)(H,26,30)(H,27,31)(H,33,34). The molecule has 0 radical (unpaired) electrons. The van der Waals surface area contributed by atoms with E-state index >= 15 is 0 Å². The number of primary amides is 1. The number of nitrogens with two attached hydrogens (primary N) is 2. The number of carbonyl (C=O) groups excluding carboxylic acids is 4. The monoisotopic (exact) mass is 479 g/mol. The van der Waals surface area contributed by atoms with Crippen molar-refractivity contribution in [3.8, 4) is 0 Å². The van der Waals surface area contributed by atoms with Crippen molar-refractivity contribution in [3.05, 3.63) is 18.2 Å². The summed E-state index contributed by atoms with van der Waals surface area (Å²) in [6, 6.07) is -4.27. The Morgan fingerprint density at radius 1 is 1.24 bits per heavy atom. The van der Waals surface area contributed by atoms with Crippen LogP contribution < -0.4 is 22.1 Å². The van der Waals surface area contributed by atoms with Gasteiger partial charge >= 0.3 is 5.97 Å². The summed E-state index contributed by atoms with van der Waals surface area (Å²) in [6.45, 7) is 4.10. The maximum absolute atomic E-state index is 13.4. The molecule has 8 N–H and O–H groups in total. The quantitative estimate of drug-likeness (QED) is 0.202. The molecule has 1 fully saturated rings. The van der Waals surface area contributed by atoms with E-state index in [1.54, 1.807) is 0 Å². The van der Waals surface area contributed by atoms with E-state index in [0.717, 1.165) is 0 Å². The Bertz CT molecular complexity index is 888. The van der Waals surface area contributed by atoms with Gasteiger partial charge in [0.15, 0.2) is 0 Å². The van der Waals surface area contributed by atoms with Crippen molar-refractivity contribution in [1.29, 1.82) is 0 Å². The molecule has 0 spiro atoms. The highest BCUT2D eigenvalue weighted by atomic mass is 16.4. The molecule has 34 heavy (non-hydrogen) atoms. The number of nitrogens with zero attached hydrogens (tertiary/aromatic N) is 2. The third kappa shape index (κ3) is 7.54. The van der Waals surface area contributed by atoms with Gasteiger partial charge in [0.2, 0.25) is 23.6 Å². The summed E-state index contributed by atoms with van der Waals surface area (Å²) < 4.78 is 0. The lowest BCUT2D eigenvalue weighted by Gasteiger charge is -2.30. The summed E-state index contributed by atoms with van der Waals surface area (Å²) >= 11 is 0. The van der Waals surface area contributed by atoms with Crippen molar-refractivity contribution >= 4 is 29.6 Å². The number of H-pyrrole nitrogens is 1. The summed E-state index contributed by atoms with van der Waals surface area (Å²) in [5.41, 5.74) is 11.6. The summed E-state index contributed by atoms with van der Waals surface area (Å²) in [6.07, 6.45) is 3.74.